The number of piperidine rings is 1. The second kappa shape index (κ2) is 17.0. The zero-order valence-electron chi connectivity index (χ0n) is 30.9. The van der Waals surface area contributed by atoms with Crippen molar-refractivity contribution in [2.24, 2.45) is 0 Å². The Labute approximate surface area is 352 Å². The van der Waals surface area contributed by atoms with Gasteiger partial charge in [-0.1, -0.05) is 29.3 Å². The number of halogens is 6. The van der Waals surface area contributed by atoms with Crippen LogP contribution in [0.4, 0.5) is 24.5 Å². The van der Waals surface area contributed by atoms with Crippen LogP contribution in [0.2, 0.25) is 10.0 Å². The fourth-order valence-electron chi connectivity index (χ4n) is 7.03. The smallest absolute Gasteiger partial charge is 0.433 e. The Bertz CT molecular complexity index is 2550. The molecule has 19 heteroatoms. The zero-order valence-corrected chi connectivity index (χ0v) is 34.0. The van der Waals surface area contributed by atoms with Crippen LogP contribution in [0.5, 0.6) is 6.01 Å². The highest BCUT2D eigenvalue weighted by molar-refractivity contribution is 9.10. The first-order valence-corrected chi connectivity index (χ1v) is 19.7. The number of amides is 1. The standard InChI is InChI=1S/C21H18Cl2N2O4.C19H15BrF3N3O4/c1-12-13-11-18(21(27)28)29-17(13)6-5-16(12)24-7-9-25(10-8-24)20(26)19-14(22)3-2-4-15(19)23;20-16-11-9-14(17(27)28)30-13(11)2-1-12(16)26-7-4-10(5-8-26)29-18-24-6-3-15(25-18)19(21,22)23/h2-6,11H,7-10H2,1H3,(H,27,28);1-3,6,9-10H,4-5,7-8H2,(H,27,28). The lowest BCUT2D eigenvalue weighted by molar-refractivity contribution is -0.141. The van der Waals surface area contributed by atoms with Gasteiger partial charge >= 0.3 is 24.1 Å². The largest absolute Gasteiger partial charge is 0.475 e. The predicted octanol–water partition coefficient (Wildman–Crippen LogP) is 9.46. The number of benzene rings is 3. The molecule has 2 N–H and O–H groups in total. The summed E-state index contributed by atoms with van der Waals surface area (Å²) in [7, 11) is 0. The summed E-state index contributed by atoms with van der Waals surface area (Å²) in [6, 6.07) is 15.8. The Morgan fingerprint density at radius 3 is 1.97 bits per heavy atom. The Morgan fingerprint density at radius 2 is 1.37 bits per heavy atom. The number of carboxylic acid groups (broad SMARTS) is 2. The average Bonchev–Trinajstić information content (AvgIpc) is 3.86. The molecular formula is C40H33BrCl2F3N5O8. The maximum absolute atomic E-state index is 12.9. The molecule has 2 fully saturated rings. The third kappa shape index (κ3) is 8.91. The van der Waals surface area contributed by atoms with Crippen molar-refractivity contribution in [3.63, 3.8) is 0 Å². The van der Waals surface area contributed by atoms with Gasteiger partial charge in [-0.15, -0.1) is 0 Å². The first-order chi connectivity index (χ1) is 28.1. The number of carbonyl (C=O) groups excluding carboxylic acids is 1. The van der Waals surface area contributed by atoms with Crippen LogP contribution in [-0.2, 0) is 6.18 Å². The zero-order chi connectivity index (χ0) is 42.2. The number of aromatic carboxylic acids is 2. The molecule has 1 amide bonds. The SMILES string of the molecule is Cc1c(N2CCN(C(=O)c3c(Cl)cccc3Cl)CC2)ccc2oc(C(=O)O)cc12.O=C(O)c1cc2c(Br)c(N3CCC(Oc4nccc(C(F)(F)F)n4)CC3)ccc2o1. The third-order valence-corrected chi connectivity index (χ3v) is 11.5. The second-order valence-corrected chi connectivity index (χ2v) is 15.3. The van der Waals surface area contributed by atoms with Gasteiger partial charge in [0.25, 0.3) is 5.91 Å². The van der Waals surface area contributed by atoms with Crippen LogP contribution in [0.15, 0.2) is 80.2 Å². The third-order valence-electron chi connectivity index (χ3n) is 10.0. The molecule has 13 nitrogen and oxygen atoms in total. The normalized spacial score (nSPS) is 15.0. The van der Waals surface area contributed by atoms with Crippen molar-refractivity contribution in [2.45, 2.75) is 32.0 Å². The monoisotopic (exact) mass is 917 g/mol. The topological polar surface area (TPSA) is 163 Å². The number of rotatable bonds is 7. The Kier molecular flexibility index (Phi) is 12.0. The minimum absolute atomic E-state index is 0.0766. The molecule has 0 radical (unpaired) electrons. The summed E-state index contributed by atoms with van der Waals surface area (Å²) in [5, 5.41) is 20.4. The molecule has 0 spiro atoms. The Hall–Kier alpha value is -5.52. The van der Waals surface area contributed by atoms with Gasteiger partial charge in [0.2, 0.25) is 11.5 Å². The molecule has 2 aliphatic rings. The van der Waals surface area contributed by atoms with Crippen molar-refractivity contribution in [1.82, 2.24) is 14.9 Å². The number of carboxylic acids is 2. The molecule has 8 rings (SSSR count). The number of alkyl halides is 3. The minimum Gasteiger partial charge on any atom is -0.475 e. The number of piperazine rings is 1. The number of fused-ring (bicyclic) bond motifs is 2. The molecule has 2 saturated heterocycles. The van der Waals surface area contributed by atoms with E-state index in [2.05, 4.69) is 35.7 Å². The van der Waals surface area contributed by atoms with Gasteiger partial charge in [0, 0.05) is 80.8 Å². The van der Waals surface area contributed by atoms with Gasteiger partial charge in [-0.2, -0.15) is 18.2 Å². The highest BCUT2D eigenvalue weighted by Crippen LogP contribution is 2.38. The van der Waals surface area contributed by atoms with Crippen molar-refractivity contribution in [1.29, 1.82) is 0 Å². The summed E-state index contributed by atoms with van der Waals surface area (Å²) in [6.45, 7) is 5.48. The number of carbonyl (C=O) groups is 3. The van der Waals surface area contributed by atoms with E-state index in [0.29, 0.717) is 84.3 Å². The molecule has 6 aromatic rings. The summed E-state index contributed by atoms with van der Waals surface area (Å²) in [6.07, 6.45) is -2.70. The van der Waals surface area contributed by atoms with E-state index >= 15 is 0 Å². The average molecular weight is 920 g/mol. The van der Waals surface area contributed by atoms with Crippen molar-refractivity contribution >= 4 is 90.3 Å². The van der Waals surface area contributed by atoms with Crippen LogP contribution in [-0.4, -0.2) is 88.3 Å². The fourth-order valence-corrected chi connectivity index (χ4v) is 8.29. The van der Waals surface area contributed by atoms with E-state index in [0.717, 1.165) is 39.1 Å². The van der Waals surface area contributed by atoms with E-state index in [1.165, 1.54) is 6.07 Å². The predicted molar refractivity (Wildman–Crippen MR) is 216 cm³/mol. The molecule has 0 atom stereocenters. The summed E-state index contributed by atoms with van der Waals surface area (Å²) in [5.74, 6) is -2.63. The number of nitrogens with zero attached hydrogens (tertiary/aromatic N) is 5. The van der Waals surface area contributed by atoms with E-state index in [-0.39, 0.29) is 29.5 Å². The van der Waals surface area contributed by atoms with Gasteiger partial charge in [0.05, 0.1) is 25.8 Å². The minimum atomic E-state index is -4.55. The van der Waals surface area contributed by atoms with Crippen LogP contribution in [0.25, 0.3) is 21.9 Å². The Morgan fingerprint density at radius 1 is 0.814 bits per heavy atom. The first-order valence-electron chi connectivity index (χ1n) is 18.1. The molecule has 3 aromatic carbocycles. The summed E-state index contributed by atoms with van der Waals surface area (Å²) < 4.78 is 55.3. The molecule has 0 aliphatic carbocycles. The number of hydrogen-bond acceptors (Lipinski definition) is 10. The Balaban J connectivity index is 0.000000179. The maximum Gasteiger partial charge on any atom is 0.433 e. The lowest BCUT2D eigenvalue weighted by atomic mass is 10.1. The summed E-state index contributed by atoms with van der Waals surface area (Å²) >= 11 is 15.9. The van der Waals surface area contributed by atoms with E-state index in [9.17, 15) is 27.6 Å². The lowest BCUT2D eigenvalue weighted by Crippen LogP contribution is -2.49. The number of aryl methyl sites for hydroxylation is 1. The van der Waals surface area contributed by atoms with Gasteiger partial charge in [-0.25, -0.2) is 14.6 Å². The van der Waals surface area contributed by atoms with E-state index in [1.807, 2.05) is 19.1 Å². The molecule has 0 unspecified atom stereocenters. The van der Waals surface area contributed by atoms with Crippen LogP contribution in [0, 0.1) is 6.92 Å². The van der Waals surface area contributed by atoms with Crippen molar-refractivity contribution in [2.75, 3.05) is 49.1 Å². The van der Waals surface area contributed by atoms with Gasteiger partial charge in [-0.05, 0) is 76.9 Å². The molecular weight excluding hydrogens is 886 g/mol. The molecule has 3 aromatic heterocycles. The molecule has 0 bridgehead atoms. The number of furan rings is 2. The number of aromatic nitrogens is 2. The number of anilines is 2. The quantitative estimate of drug-likeness (QED) is 0.156. The second-order valence-electron chi connectivity index (χ2n) is 13.7. The van der Waals surface area contributed by atoms with Gasteiger partial charge < -0.3 is 38.5 Å². The molecule has 0 saturated carbocycles. The number of ether oxygens (including phenoxy) is 1. The van der Waals surface area contributed by atoms with Gasteiger partial charge in [0.1, 0.15) is 17.3 Å². The van der Waals surface area contributed by atoms with Crippen LogP contribution < -0.4 is 14.5 Å². The van der Waals surface area contributed by atoms with E-state index in [1.54, 1.807) is 41.3 Å². The number of hydrogen-bond donors (Lipinski definition) is 2. The van der Waals surface area contributed by atoms with Gasteiger partial charge in [-0.3, -0.25) is 4.79 Å². The highest BCUT2D eigenvalue weighted by Gasteiger charge is 2.34. The van der Waals surface area contributed by atoms with E-state index < -0.39 is 23.8 Å². The van der Waals surface area contributed by atoms with Crippen molar-refractivity contribution in [3.05, 3.63) is 110 Å². The molecule has 5 heterocycles. The maximum atomic E-state index is 12.9. The van der Waals surface area contributed by atoms with Crippen LogP contribution >= 0.6 is 39.1 Å². The van der Waals surface area contributed by atoms with Gasteiger partial charge in [0.15, 0.2) is 5.69 Å². The van der Waals surface area contributed by atoms with Crippen molar-refractivity contribution < 1.29 is 51.3 Å². The molecule has 2 aliphatic heterocycles. The summed E-state index contributed by atoms with van der Waals surface area (Å²) in [4.78, 5) is 48.4. The highest BCUT2D eigenvalue weighted by atomic mass is 79.9. The van der Waals surface area contributed by atoms with Crippen molar-refractivity contribution in [3.8, 4) is 6.01 Å². The fraction of sp³-hybridized carbons (Fsp3) is 0.275. The van der Waals surface area contributed by atoms with Crippen LogP contribution in [0.3, 0.4) is 0 Å². The van der Waals surface area contributed by atoms with Crippen LogP contribution in [0.1, 0.15) is 55.6 Å². The van der Waals surface area contributed by atoms with E-state index in [4.69, 9.17) is 47.0 Å². The lowest BCUT2D eigenvalue weighted by Gasteiger charge is -2.37. The summed E-state index contributed by atoms with van der Waals surface area (Å²) in [5.41, 5.74) is 3.12. The first kappa shape index (κ1) is 41.6. The molecule has 59 heavy (non-hydrogen) atoms. The molecule has 308 valence electrons.